The molecular formula is C13H19N3OS. The zero-order valence-electron chi connectivity index (χ0n) is 11.7. The van der Waals surface area contributed by atoms with E-state index in [4.69, 9.17) is 4.52 Å². The first-order valence-corrected chi connectivity index (χ1v) is 6.81. The van der Waals surface area contributed by atoms with Gasteiger partial charge in [-0.3, -0.25) is 0 Å². The molecule has 2 heterocycles. The van der Waals surface area contributed by atoms with Crippen molar-refractivity contribution in [2.45, 2.75) is 52.4 Å². The highest BCUT2D eigenvalue weighted by molar-refractivity contribution is 7.14. The van der Waals surface area contributed by atoms with Gasteiger partial charge in [0.05, 0.1) is 5.69 Å². The summed E-state index contributed by atoms with van der Waals surface area (Å²) in [4.78, 5) is 0. The molecule has 0 aromatic carbocycles. The van der Waals surface area contributed by atoms with E-state index in [1.54, 1.807) is 11.3 Å². The van der Waals surface area contributed by atoms with Gasteiger partial charge >= 0.3 is 0 Å². The molecule has 2 aromatic heterocycles. The minimum Gasteiger partial charge on any atom is -0.353 e. The van der Waals surface area contributed by atoms with Crippen LogP contribution in [0.2, 0.25) is 0 Å². The van der Waals surface area contributed by atoms with Crippen molar-refractivity contribution in [3.05, 3.63) is 16.8 Å². The fourth-order valence-corrected chi connectivity index (χ4v) is 2.20. The normalized spacial score (nSPS) is 13.0. The van der Waals surface area contributed by atoms with E-state index >= 15 is 0 Å². The SMILES string of the molecule is CC(C)(C)c1cc(-c2nnc(C(C)(C)C)s2)on1. The second kappa shape index (κ2) is 4.16. The molecule has 0 unspecified atom stereocenters. The Balaban J connectivity index is 2.33. The lowest BCUT2D eigenvalue weighted by Crippen LogP contribution is -2.10. The fraction of sp³-hybridized carbons (Fsp3) is 0.615. The molecule has 18 heavy (non-hydrogen) atoms. The van der Waals surface area contributed by atoms with Crippen LogP contribution in [0.15, 0.2) is 10.6 Å². The molecule has 0 spiro atoms. The average molecular weight is 265 g/mol. The van der Waals surface area contributed by atoms with Gasteiger partial charge in [0, 0.05) is 16.9 Å². The van der Waals surface area contributed by atoms with Crippen molar-refractivity contribution in [2.24, 2.45) is 0 Å². The predicted molar refractivity (Wildman–Crippen MR) is 72.8 cm³/mol. The van der Waals surface area contributed by atoms with Gasteiger partial charge in [0.15, 0.2) is 10.8 Å². The molecule has 0 aliphatic carbocycles. The first-order valence-electron chi connectivity index (χ1n) is 5.99. The fourth-order valence-electron chi connectivity index (χ4n) is 1.36. The Morgan fingerprint density at radius 1 is 1.00 bits per heavy atom. The average Bonchev–Trinajstić information content (AvgIpc) is 2.84. The van der Waals surface area contributed by atoms with Crippen LogP contribution in [0.3, 0.4) is 0 Å². The highest BCUT2D eigenvalue weighted by Gasteiger charge is 2.23. The topological polar surface area (TPSA) is 51.8 Å². The molecule has 2 aromatic rings. The van der Waals surface area contributed by atoms with Crippen molar-refractivity contribution in [3.8, 4) is 10.8 Å². The van der Waals surface area contributed by atoms with Crippen molar-refractivity contribution in [1.29, 1.82) is 0 Å². The second-order valence-corrected chi connectivity index (χ2v) is 7.47. The van der Waals surface area contributed by atoms with Crippen LogP contribution in [0.5, 0.6) is 0 Å². The Bertz CT molecular complexity index is 493. The molecule has 5 heteroatoms. The van der Waals surface area contributed by atoms with Crippen LogP contribution in [-0.2, 0) is 10.8 Å². The monoisotopic (exact) mass is 265 g/mol. The Labute approximate surface area is 111 Å². The van der Waals surface area contributed by atoms with E-state index in [1.807, 2.05) is 6.07 Å². The van der Waals surface area contributed by atoms with Crippen molar-refractivity contribution in [3.63, 3.8) is 0 Å². The maximum atomic E-state index is 5.36. The van der Waals surface area contributed by atoms with E-state index in [0.717, 1.165) is 15.7 Å². The number of nitrogens with zero attached hydrogens (tertiary/aromatic N) is 3. The van der Waals surface area contributed by atoms with E-state index in [-0.39, 0.29) is 10.8 Å². The van der Waals surface area contributed by atoms with Crippen LogP contribution in [0.1, 0.15) is 52.2 Å². The minimum absolute atomic E-state index is 0.0146. The summed E-state index contributed by atoms with van der Waals surface area (Å²) in [7, 11) is 0. The second-order valence-electron chi connectivity index (χ2n) is 6.49. The third-order valence-electron chi connectivity index (χ3n) is 2.56. The summed E-state index contributed by atoms with van der Waals surface area (Å²) >= 11 is 1.56. The summed E-state index contributed by atoms with van der Waals surface area (Å²) in [6, 6.07) is 1.95. The summed E-state index contributed by atoms with van der Waals surface area (Å²) < 4.78 is 5.36. The molecule has 4 nitrogen and oxygen atoms in total. The van der Waals surface area contributed by atoms with E-state index in [2.05, 4.69) is 56.9 Å². The van der Waals surface area contributed by atoms with Crippen molar-refractivity contribution in [2.75, 3.05) is 0 Å². The lowest BCUT2D eigenvalue weighted by atomic mass is 9.92. The zero-order chi connectivity index (χ0) is 13.6. The van der Waals surface area contributed by atoms with E-state index in [9.17, 15) is 0 Å². The Kier molecular flexibility index (Phi) is 3.05. The van der Waals surface area contributed by atoms with Crippen molar-refractivity contribution < 1.29 is 4.52 Å². The van der Waals surface area contributed by atoms with E-state index < -0.39 is 0 Å². The van der Waals surface area contributed by atoms with Crippen LogP contribution in [0.25, 0.3) is 10.8 Å². The van der Waals surface area contributed by atoms with Gasteiger partial charge in [0.25, 0.3) is 0 Å². The van der Waals surface area contributed by atoms with Crippen molar-refractivity contribution in [1.82, 2.24) is 15.4 Å². The van der Waals surface area contributed by atoms with Gasteiger partial charge in [0.2, 0.25) is 0 Å². The van der Waals surface area contributed by atoms with Gasteiger partial charge in [-0.2, -0.15) is 0 Å². The van der Waals surface area contributed by atoms with Gasteiger partial charge in [-0.15, -0.1) is 10.2 Å². The number of rotatable bonds is 1. The minimum atomic E-state index is -0.0146. The van der Waals surface area contributed by atoms with E-state index in [0.29, 0.717) is 5.76 Å². The Morgan fingerprint density at radius 2 is 1.67 bits per heavy atom. The lowest BCUT2D eigenvalue weighted by molar-refractivity contribution is 0.402. The quantitative estimate of drug-likeness (QED) is 0.787. The zero-order valence-corrected chi connectivity index (χ0v) is 12.6. The summed E-state index contributed by atoms with van der Waals surface area (Å²) in [5, 5.41) is 14.3. The summed E-state index contributed by atoms with van der Waals surface area (Å²) in [5.41, 5.74) is 0.937. The summed E-state index contributed by atoms with van der Waals surface area (Å²) in [5.74, 6) is 0.702. The standard InChI is InChI=1S/C13H19N3OS/c1-12(2,3)9-7-8(17-16-9)10-14-15-11(18-10)13(4,5)6/h7H,1-6H3. The molecule has 0 aliphatic heterocycles. The summed E-state index contributed by atoms with van der Waals surface area (Å²) in [6.45, 7) is 12.7. The summed E-state index contributed by atoms with van der Waals surface area (Å²) in [6.07, 6.45) is 0. The van der Waals surface area contributed by atoms with Gasteiger partial charge < -0.3 is 4.52 Å². The van der Waals surface area contributed by atoms with Gasteiger partial charge in [-0.25, -0.2) is 0 Å². The highest BCUT2D eigenvalue weighted by Crippen LogP contribution is 2.32. The molecule has 0 bridgehead atoms. The molecule has 0 N–H and O–H groups in total. The molecule has 0 amide bonds. The molecule has 0 saturated carbocycles. The van der Waals surface area contributed by atoms with Gasteiger partial charge in [-0.1, -0.05) is 58.0 Å². The molecular weight excluding hydrogens is 246 g/mol. The van der Waals surface area contributed by atoms with Crippen LogP contribution in [-0.4, -0.2) is 15.4 Å². The van der Waals surface area contributed by atoms with Crippen LogP contribution >= 0.6 is 11.3 Å². The maximum Gasteiger partial charge on any atom is 0.197 e. The van der Waals surface area contributed by atoms with Crippen LogP contribution in [0.4, 0.5) is 0 Å². The molecule has 2 rings (SSSR count). The van der Waals surface area contributed by atoms with Crippen molar-refractivity contribution >= 4 is 11.3 Å². The lowest BCUT2D eigenvalue weighted by Gasteiger charge is -2.12. The molecule has 0 aliphatic rings. The largest absolute Gasteiger partial charge is 0.353 e. The molecule has 0 fully saturated rings. The van der Waals surface area contributed by atoms with Crippen LogP contribution in [0, 0.1) is 0 Å². The molecule has 0 atom stereocenters. The van der Waals surface area contributed by atoms with Gasteiger partial charge in [0.1, 0.15) is 5.01 Å². The smallest absolute Gasteiger partial charge is 0.197 e. The molecule has 98 valence electrons. The Morgan fingerprint density at radius 3 is 2.11 bits per heavy atom. The third-order valence-corrected chi connectivity index (χ3v) is 3.92. The molecule has 0 saturated heterocycles. The van der Waals surface area contributed by atoms with Crippen LogP contribution < -0.4 is 0 Å². The van der Waals surface area contributed by atoms with E-state index in [1.165, 1.54) is 0 Å². The predicted octanol–water partition coefficient (Wildman–Crippen LogP) is 3.79. The molecule has 0 radical (unpaired) electrons. The first kappa shape index (κ1) is 13.2. The number of hydrogen-bond donors (Lipinski definition) is 0. The third kappa shape index (κ3) is 2.61. The highest BCUT2D eigenvalue weighted by atomic mass is 32.1. The maximum absolute atomic E-state index is 5.36. The van der Waals surface area contributed by atoms with Gasteiger partial charge in [-0.05, 0) is 0 Å². The Hall–Kier alpha value is -1.23. The first-order chi connectivity index (χ1) is 8.18. The number of aromatic nitrogens is 3. The number of hydrogen-bond acceptors (Lipinski definition) is 5.